The van der Waals surface area contributed by atoms with Gasteiger partial charge in [-0.25, -0.2) is 9.59 Å². The van der Waals surface area contributed by atoms with Crippen molar-refractivity contribution in [1.29, 1.82) is 0 Å². The maximum Gasteiger partial charge on any atom is 0.344 e. The molecule has 2 amide bonds. The number of carbonyl (C=O) groups excluding carboxylic acids is 2. The number of hydrogen-bond donors (Lipinski definition) is 2. The van der Waals surface area contributed by atoms with Crippen molar-refractivity contribution in [3.05, 3.63) is 24.3 Å². The third kappa shape index (κ3) is 6.60. The lowest BCUT2D eigenvalue weighted by Gasteiger charge is -2.40. The topological polar surface area (TPSA) is 83.1 Å². The van der Waals surface area contributed by atoms with Crippen LogP contribution in [0.3, 0.4) is 0 Å². The highest BCUT2D eigenvalue weighted by Gasteiger charge is 2.27. The van der Waals surface area contributed by atoms with Crippen molar-refractivity contribution in [3.63, 3.8) is 0 Å². The summed E-state index contributed by atoms with van der Waals surface area (Å²) >= 11 is 0. The number of nitrogens with zero attached hydrogens (tertiary/aromatic N) is 2. The first-order valence-electron chi connectivity index (χ1n) is 11.0. The Morgan fingerprint density at radius 1 is 1.13 bits per heavy atom. The first kappa shape index (κ1) is 22.4. The second-order valence-corrected chi connectivity index (χ2v) is 7.96. The number of carbonyl (C=O) groups is 2. The highest BCUT2D eigenvalue weighted by molar-refractivity contribution is 5.89. The van der Waals surface area contributed by atoms with Crippen molar-refractivity contribution in [3.8, 4) is 5.75 Å². The molecule has 166 valence electrons. The van der Waals surface area contributed by atoms with Gasteiger partial charge in [0, 0.05) is 37.9 Å². The minimum Gasteiger partial charge on any atom is -0.482 e. The van der Waals surface area contributed by atoms with E-state index in [1.165, 1.54) is 12.8 Å². The van der Waals surface area contributed by atoms with Gasteiger partial charge in [0.25, 0.3) is 0 Å². The van der Waals surface area contributed by atoms with Gasteiger partial charge in [-0.2, -0.15) is 0 Å². The molecule has 0 unspecified atom stereocenters. The van der Waals surface area contributed by atoms with Crippen molar-refractivity contribution >= 4 is 17.7 Å². The van der Waals surface area contributed by atoms with E-state index in [0.717, 1.165) is 45.7 Å². The van der Waals surface area contributed by atoms with E-state index in [0.29, 0.717) is 17.5 Å². The van der Waals surface area contributed by atoms with Crippen molar-refractivity contribution in [2.24, 2.45) is 0 Å². The molecule has 1 aromatic rings. The van der Waals surface area contributed by atoms with E-state index in [1.54, 1.807) is 24.3 Å². The zero-order valence-corrected chi connectivity index (χ0v) is 18.1. The molecule has 0 aromatic heterocycles. The predicted octanol–water partition coefficient (Wildman–Crippen LogP) is 2.31. The molecule has 2 heterocycles. The molecule has 2 aliphatic rings. The van der Waals surface area contributed by atoms with Gasteiger partial charge < -0.3 is 25.0 Å². The Kier molecular flexibility index (Phi) is 8.33. The summed E-state index contributed by atoms with van der Waals surface area (Å²) in [4.78, 5) is 28.6. The largest absolute Gasteiger partial charge is 0.482 e. The number of hydrogen-bond acceptors (Lipinski definition) is 6. The predicted molar refractivity (Wildman–Crippen MR) is 116 cm³/mol. The summed E-state index contributed by atoms with van der Waals surface area (Å²) in [5, 5.41) is 6.35. The first-order valence-corrected chi connectivity index (χ1v) is 11.0. The number of urea groups is 1. The SMILES string of the molecule is CC[C@@H](C)OC(=O)COc1ccc(NC(=O)N2CCN(C3CCNCC3)CC2)cc1. The van der Waals surface area contributed by atoms with E-state index >= 15 is 0 Å². The molecule has 2 fully saturated rings. The molecule has 2 N–H and O–H groups in total. The van der Waals surface area contributed by atoms with Gasteiger partial charge in [-0.1, -0.05) is 6.92 Å². The molecular weight excluding hydrogens is 384 g/mol. The number of ether oxygens (including phenoxy) is 2. The number of rotatable bonds is 7. The summed E-state index contributed by atoms with van der Waals surface area (Å²) in [7, 11) is 0. The Morgan fingerprint density at radius 3 is 2.43 bits per heavy atom. The van der Waals surface area contributed by atoms with Crippen LogP contribution in [-0.4, -0.2) is 79.8 Å². The number of amides is 2. The van der Waals surface area contributed by atoms with Gasteiger partial charge in [-0.3, -0.25) is 4.90 Å². The molecule has 0 saturated carbocycles. The Morgan fingerprint density at radius 2 is 1.80 bits per heavy atom. The highest BCUT2D eigenvalue weighted by atomic mass is 16.6. The molecule has 8 nitrogen and oxygen atoms in total. The summed E-state index contributed by atoms with van der Waals surface area (Å²) in [6.07, 6.45) is 3.04. The van der Waals surface area contributed by atoms with Crippen LogP contribution in [0.25, 0.3) is 0 Å². The van der Waals surface area contributed by atoms with E-state index < -0.39 is 0 Å². The van der Waals surface area contributed by atoms with E-state index in [2.05, 4.69) is 15.5 Å². The second-order valence-electron chi connectivity index (χ2n) is 7.96. The molecule has 0 bridgehead atoms. The fourth-order valence-corrected chi connectivity index (χ4v) is 3.78. The fraction of sp³-hybridized carbons (Fsp3) is 0.636. The van der Waals surface area contributed by atoms with Crippen molar-refractivity contribution in [1.82, 2.24) is 15.1 Å². The van der Waals surface area contributed by atoms with E-state index in [-0.39, 0.29) is 24.7 Å². The van der Waals surface area contributed by atoms with E-state index in [9.17, 15) is 9.59 Å². The molecule has 2 saturated heterocycles. The second kappa shape index (κ2) is 11.2. The van der Waals surface area contributed by atoms with Crippen LogP contribution in [0.4, 0.5) is 10.5 Å². The minimum absolute atomic E-state index is 0.0780. The van der Waals surface area contributed by atoms with Crippen LogP contribution in [0.15, 0.2) is 24.3 Å². The molecule has 1 atom stereocenters. The van der Waals surface area contributed by atoms with Crippen molar-refractivity contribution < 1.29 is 19.1 Å². The summed E-state index contributed by atoms with van der Waals surface area (Å²) < 4.78 is 10.6. The molecular formula is C22H34N4O4. The number of benzene rings is 1. The Bertz CT molecular complexity index is 683. The summed E-state index contributed by atoms with van der Waals surface area (Å²) in [5.41, 5.74) is 0.704. The van der Waals surface area contributed by atoms with E-state index in [1.807, 2.05) is 18.7 Å². The van der Waals surface area contributed by atoms with Gasteiger partial charge in [0.05, 0.1) is 6.10 Å². The molecule has 30 heavy (non-hydrogen) atoms. The maximum absolute atomic E-state index is 12.6. The van der Waals surface area contributed by atoms with Gasteiger partial charge in [0.15, 0.2) is 6.61 Å². The molecule has 0 aliphatic carbocycles. The highest BCUT2D eigenvalue weighted by Crippen LogP contribution is 2.18. The van der Waals surface area contributed by atoms with Gasteiger partial charge >= 0.3 is 12.0 Å². The van der Waals surface area contributed by atoms with E-state index in [4.69, 9.17) is 9.47 Å². The molecule has 2 aliphatic heterocycles. The summed E-state index contributed by atoms with van der Waals surface area (Å²) in [6.45, 7) is 9.20. The lowest BCUT2D eigenvalue weighted by atomic mass is 10.0. The normalized spacial score (nSPS) is 19.2. The third-order valence-electron chi connectivity index (χ3n) is 5.80. The number of esters is 1. The number of nitrogens with one attached hydrogen (secondary N) is 2. The van der Waals surface area contributed by atoms with Crippen LogP contribution >= 0.6 is 0 Å². The smallest absolute Gasteiger partial charge is 0.344 e. The third-order valence-corrected chi connectivity index (χ3v) is 5.80. The van der Waals surface area contributed by atoms with Crippen molar-refractivity contribution in [2.75, 3.05) is 51.2 Å². The van der Waals surface area contributed by atoms with Crippen LogP contribution in [0.1, 0.15) is 33.1 Å². The quantitative estimate of drug-likeness (QED) is 0.661. The van der Waals surface area contributed by atoms with Crippen LogP contribution in [-0.2, 0) is 9.53 Å². The molecule has 1 aromatic carbocycles. The Labute approximate surface area is 178 Å². The Balaban J connectivity index is 1.39. The van der Waals surface area contributed by atoms with Crippen LogP contribution in [0.2, 0.25) is 0 Å². The number of piperazine rings is 1. The van der Waals surface area contributed by atoms with Gasteiger partial charge in [-0.15, -0.1) is 0 Å². The summed E-state index contributed by atoms with van der Waals surface area (Å²) in [6, 6.07) is 7.59. The maximum atomic E-state index is 12.6. The lowest BCUT2D eigenvalue weighted by molar-refractivity contribution is -0.150. The number of anilines is 1. The van der Waals surface area contributed by atoms with Gasteiger partial charge in [0.2, 0.25) is 0 Å². The van der Waals surface area contributed by atoms with Crippen molar-refractivity contribution in [2.45, 2.75) is 45.3 Å². The standard InChI is InChI=1S/C22H34N4O4/c1-3-17(2)30-21(27)16-29-20-6-4-18(5-7-20)24-22(28)26-14-12-25(13-15-26)19-8-10-23-11-9-19/h4-7,17,19,23H,3,8-16H2,1-2H3,(H,24,28)/t17-/m1/s1. The lowest BCUT2D eigenvalue weighted by Crippen LogP contribution is -2.54. The van der Waals surface area contributed by atoms with Crippen LogP contribution in [0.5, 0.6) is 5.75 Å². The minimum atomic E-state index is -0.384. The average molecular weight is 419 g/mol. The first-order chi connectivity index (χ1) is 14.5. The zero-order valence-electron chi connectivity index (χ0n) is 18.1. The fourth-order valence-electron chi connectivity index (χ4n) is 3.78. The zero-order chi connectivity index (χ0) is 21.3. The average Bonchev–Trinajstić information content (AvgIpc) is 2.79. The number of piperidine rings is 1. The molecule has 0 spiro atoms. The van der Waals surface area contributed by atoms with Gasteiger partial charge in [-0.05, 0) is 63.5 Å². The summed E-state index contributed by atoms with van der Waals surface area (Å²) in [5.74, 6) is 0.176. The molecule has 0 radical (unpaired) electrons. The monoisotopic (exact) mass is 418 g/mol. The molecule has 3 rings (SSSR count). The van der Waals surface area contributed by atoms with Crippen LogP contribution in [0, 0.1) is 0 Å². The Hall–Kier alpha value is -2.32. The molecule has 8 heteroatoms. The van der Waals surface area contributed by atoms with Gasteiger partial charge in [0.1, 0.15) is 5.75 Å². The van der Waals surface area contributed by atoms with Crippen LogP contribution < -0.4 is 15.4 Å².